The average Bonchev–Trinajstić information content (AvgIpc) is 2.49. The van der Waals surface area contributed by atoms with Crippen molar-refractivity contribution in [2.75, 3.05) is 7.11 Å². The predicted octanol–water partition coefficient (Wildman–Crippen LogP) is 3.79. The van der Waals surface area contributed by atoms with Crippen molar-refractivity contribution in [3.8, 4) is 0 Å². The highest BCUT2D eigenvalue weighted by Crippen LogP contribution is 2.25. The molecule has 2 heteroatoms. The van der Waals surface area contributed by atoms with E-state index >= 15 is 0 Å². The van der Waals surface area contributed by atoms with Crippen molar-refractivity contribution in [3.63, 3.8) is 0 Å². The number of rotatable bonds is 4. The van der Waals surface area contributed by atoms with E-state index in [1.807, 2.05) is 36.4 Å². The molecule has 0 saturated heterocycles. The van der Waals surface area contributed by atoms with Crippen LogP contribution in [0.3, 0.4) is 0 Å². The van der Waals surface area contributed by atoms with E-state index < -0.39 is 0 Å². The molecule has 19 heavy (non-hydrogen) atoms. The van der Waals surface area contributed by atoms with Crippen LogP contribution in [0.25, 0.3) is 0 Å². The second-order valence-electron chi connectivity index (χ2n) is 4.24. The van der Waals surface area contributed by atoms with Crippen LogP contribution in [0.15, 0.2) is 67.3 Å². The molecule has 0 fully saturated rings. The number of hydrogen-bond acceptors (Lipinski definition) is 2. The van der Waals surface area contributed by atoms with Crippen LogP contribution in [0.1, 0.15) is 27.4 Å². The third-order valence-electron chi connectivity index (χ3n) is 3.09. The lowest BCUT2D eigenvalue weighted by Crippen LogP contribution is -2.02. The maximum Gasteiger partial charge on any atom is 0.337 e. The molecule has 0 bridgehead atoms. The summed E-state index contributed by atoms with van der Waals surface area (Å²) in [5.41, 5.74) is 2.85. The van der Waals surface area contributed by atoms with E-state index in [9.17, 15) is 4.79 Å². The number of benzene rings is 2. The Bertz CT molecular complexity index is 556. The molecule has 2 aromatic carbocycles. The minimum Gasteiger partial charge on any atom is -0.465 e. The van der Waals surface area contributed by atoms with E-state index in [4.69, 9.17) is 0 Å². The van der Waals surface area contributed by atoms with Crippen molar-refractivity contribution >= 4 is 5.97 Å². The minimum absolute atomic E-state index is 0.132. The summed E-state index contributed by atoms with van der Waals surface area (Å²) in [7, 11) is 1.38. The van der Waals surface area contributed by atoms with Crippen LogP contribution in [-0.2, 0) is 4.74 Å². The van der Waals surface area contributed by atoms with E-state index in [-0.39, 0.29) is 11.9 Å². The molecule has 0 aliphatic carbocycles. The largest absolute Gasteiger partial charge is 0.465 e. The van der Waals surface area contributed by atoms with E-state index in [0.29, 0.717) is 5.56 Å². The summed E-state index contributed by atoms with van der Waals surface area (Å²) < 4.78 is 4.69. The lowest BCUT2D eigenvalue weighted by Gasteiger charge is -2.13. The lowest BCUT2D eigenvalue weighted by atomic mass is 9.91. The van der Waals surface area contributed by atoms with Gasteiger partial charge in [0.1, 0.15) is 0 Å². The molecule has 0 saturated carbocycles. The van der Waals surface area contributed by atoms with Crippen molar-refractivity contribution in [2.24, 2.45) is 0 Å². The highest BCUT2D eigenvalue weighted by molar-refractivity contribution is 5.89. The van der Waals surface area contributed by atoms with Gasteiger partial charge in [-0.1, -0.05) is 48.5 Å². The first-order valence-electron chi connectivity index (χ1n) is 6.12. The summed E-state index contributed by atoms with van der Waals surface area (Å²) in [4.78, 5) is 11.4. The van der Waals surface area contributed by atoms with E-state index in [0.717, 1.165) is 5.56 Å². The van der Waals surface area contributed by atoms with Crippen LogP contribution in [-0.4, -0.2) is 13.1 Å². The number of hydrogen-bond donors (Lipinski definition) is 0. The van der Waals surface area contributed by atoms with Crippen molar-refractivity contribution in [1.29, 1.82) is 0 Å². The molecule has 2 nitrogen and oxygen atoms in total. The first-order valence-corrected chi connectivity index (χ1v) is 6.12. The number of carbonyl (C=O) groups excluding carboxylic acids is 1. The SMILES string of the molecule is C=CC(c1ccccc1)c1ccc(C(=O)OC)cc1. The zero-order chi connectivity index (χ0) is 13.7. The second-order valence-corrected chi connectivity index (χ2v) is 4.24. The molecule has 0 heterocycles. The zero-order valence-electron chi connectivity index (χ0n) is 10.9. The number of allylic oxidation sites excluding steroid dienone is 1. The third-order valence-corrected chi connectivity index (χ3v) is 3.09. The molecular weight excluding hydrogens is 236 g/mol. The first-order chi connectivity index (χ1) is 9.26. The fraction of sp³-hybridized carbons (Fsp3) is 0.118. The van der Waals surface area contributed by atoms with Gasteiger partial charge >= 0.3 is 5.97 Å². The Morgan fingerprint density at radius 1 is 1.05 bits per heavy atom. The van der Waals surface area contributed by atoms with Gasteiger partial charge in [0.25, 0.3) is 0 Å². The van der Waals surface area contributed by atoms with E-state index in [1.54, 1.807) is 12.1 Å². The molecule has 0 aromatic heterocycles. The maximum absolute atomic E-state index is 11.4. The van der Waals surface area contributed by atoms with Crippen LogP contribution < -0.4 is 0 Å². The van der Waals surface area contributed by atoms with E-state index in [1.165, 1.54) is 12.7 Å². The Balaban J connectivity index is 2.30. The quantitative estimate of drug-likeness (QED) is 0.611. The van der Waals surface area contributed by atoms with Gasteiger partial charge in [0, 0.05) is 5.92 Å². The van der Waals surface area contributed by atoms with Gasteiger partial charge in [0.05, 0.1) is 12.7 Å². The summed E-state index contributed by atoms with van der Waals surface area (Å²) in [5, 5.41) is 0. The zero-order valence-corrected chi connectivity index (χ0v) is 10.9. The van der Waals surface area contributed by atoms with Gasteiger partial charge in [0.15, 0.2) is 0 Å². The Hall–Kier alpha value is -2.35. The molecule has 0 aliphatic heterocycles. The Morgan fingerprint density at radius 2 is 1.63 bits per heavy atom. The van der Waals surface area contributed by atoms with E-state index in [2.05, 4.69) is 23.4 Å². The number of methoxy groups -OCH3 is 1. The van der Waals surface area contributed by atoms with Crippen LogP contribution in [0.2, 0.25) is 0 Å². The smallest absolute Gasteiger partial charge is 0.337 e. The summed E-state index contributed by atoms with van der Waals surface area (Å²) in [6.45, 7) is 3.90. The average molecular weight is 252 g/mol. The lowest BCUT2D eigenvalue weighted by molar-refractivity contribution is 0.0600. The molecule has 96 valence electrons. The maximum atomic E-state index is 11.4. The molecule has 0 radical (unpaired) electrons. The number of carbonyl (C=O) groups is 1. The van der Waals surface area contributed by atoms with Crippen LogP contribution in [0.5, 0.6) is 0 Å². The summed E-state index contributed by atoms with van der Waals surface area (Å²) in [6, 6.07) is 17.6. The minimum atomic E-state index is -0.318. The van der Waals surface area contributed by atoms with Gasteiger partial charge in [-0.3, -0.25) is 0 Å². The number of esters is 1. The van der Waals surface area contributed by atoms with Crippen LogP contribution in [0, 0.1) is 0 Å². The fourth-order valence-electron chi connectivity index (χ4n) is 2.07. The van der Waals surface area contributed by atoms with Gasteiger partial charge in [-0.15, -0.1) is 6.58 Å². The van der Waals surface area contributed by atoms with Crippen molar-refractivity contribution < 1.29 is 9.53 Å². The molecule has 0 spiro atoms. The van der Waals surface area contributed by atoms with Gasteiger partial charge in [-0.2, -0.15) is 0 Å². The highest BCUT2D eigenvalue weighted by atomic mass is 16.5. The number of ether oxygens (including phenoxy) is 1. The molecule has 0 amide bonds. The Morgan fingerprint density at radius 3 is 2.16 bits per heavy atom. The second kappa shape index (κ2) is 6.01. The van der Waals surface area contributed by atoms with Crippen LogP contribution in [0.4, 0.5) is 0 Å². The van der Waals surface area contributed by atoms with Gasteiger partial charge < -0.3 is 4.74 Å². The fourth-order valence-corrected chi connectivity index (χ4v) is 2.07. The Kier molecular flexibility index (Phi) is 4.14. The normalized spacial score (nSPS) is 11.6. The molecule has 2 rings (SSSR count). The molecular formula is C17H16O2. The van der Waals surface area contributed by atoms with Gasteiger partial charge in [-0.25, -0.2) is 4.79 Å². The molecule has 0 N–H and O–H groups in total. The predicted molar refractivity (Wildman–Crippen MR) is 76.3 cm³/mol. The van der Waals surface area contributed by atoms with Gasteiger partial charge in [0.2, 0.25) is 0 Å². The van der Waals surface area contributed by atoms with Gasteiger partial charge in [-0.05, 0) is 23.3 Å². The first kappa shape index (κ1) is 13.1. The molecule has 0 aliphatic rings. The molecule has 1 unspecified atom stereocenters. The Labute approximate surface area is 113 Å². The third kappa shape index (κ3) is 2.91. The topological polar surface area (TPSA) is 26.3 Å². The van der Waals surface area contributed by atoms with Crippen molar-refractivity contribution in [2.45, 2.75) is 5.92 Å². The van der Waals surface area contributed by atoms with Crippen molar-refractivity contribution in [3.05, 3.63) is 83.9 Å². The summed E-state index contributed by atoms with van der Waals surface area (Å²) in [5.74, 6) is -0.186. The highest BCUT2D eigenvalue weighted by Gasteiger charge is 2.11. The standard InChI is InChI=1S/C17H16O2/c1-3-16(13-7-5-4-6-8-13)14-9-11-15(12-10-14)17(18)19-2/h3-12,16H,1H2,2H3. The van der Waals surface area contributed by atoms with Crippen molar-refractivity contribution in [1.82, 2.24) is 0 Å². The monoisotopic (exact) mass is 252 g/mol. The molecule has 2 aromatic rings. The summed E-state index contributed by atoms with van der Waals surface area (Å²) >= 11 is 0. The molecule has 1 atom stereocenters. The van der Waals surface area contributed by atoms with Crippen LogP contribution >= 0.6 is 0 Å². The summed E-state index contributed by atoms with van der Waals surface area (Å²) in [6.07, 6.45) is 1.91.